The molecule has 33 heavy (non-hydrogen) atoms. The van der Waals surface area contributed by atoms with Crippen molar-refractivity contribution in [3.05, 3.63) is 58.5 Å². The van der Waals surface area contributed by atoms with Gasteiger partial charge in [-0.15, -0.1) is 0 Å². The van der Waals surface area contributed by atoms with Crippen molar-refractivity contribution < 1.29 is 28.5 Å². The lowest BCUT2D eigenvalue weighted by Crippen LogP contribution is -2.45. The first-order valence-corrected chi connectivity index (χ1v) is 11.1. The van der Waals surface area contributed by atoms with Gasteiger partial charge in [-0.05, 0) is 82.0 Å². The molecule has 2 aromatic carbocycles. The van der Waals surface area contributed by atoms with Crippen molar-refractivity contribution in [2.75, 3.05) is 6.61 Å². The average molecular weight is 452 g/mol. The van der Waals surface area contributed by atoms with Gasteiger partial charge in [0, 0.05) is 17.5 Å². The maximum atomic E-state index is 13.0. The van der Waals surface area contributed by atoms with Gasteiger partial charge in [0.1, 0.15) is 35.8 Å². The molecule has 0 saturated heterocycles. The lowest BCUT2D eigenvalue weighted by molar-refractivity contribution is -0.163. The third-order valence-electron chi connectivity index (χ3n) is 6.27. The van der Waals surface area contributed by atoms with Crippen LogP contribution in [0.4, 0.5) is 0 Å². The summed E-state index contributed by atoms with van der Waals surface area (Å²) in [7, 11) is 0. The number of carbonyl (C=O) groups is 1. The summed E-state index contributed by atoms with van der Waals surface area (Å²) in [6, 6.07) is 7.44. The number of hydrogen-bond acceptors (Lipinski definition) is 7. The van der Waals surface area contributed by atoms with Crippen molar-refractivity contribution >= 4 is 5.97 Å². The molecule has 0 aliphatic carbocycles. The van der Waals surface area contributed by atoms with E-state index in [1.165, 1.54) is 6.26 Å². The van der Waals surface area contributed by atoms with E-state index in [1.807, 2.05) is 52.0 Å². The van der Waals surface area contributed by atoms with E-state index in [2.05, 4.69) is 4.98 Å². The molecule has 0 bridgehead atoms. The van der Waals surface area contributed by atoms with Crippen LogP contribution < -0.4 is 9.47 Å². The Morgan fingerprint density at radius 2 is 1.88 bits per heavy atom. The Bertz CT molecular complexity index is 1180. The molecule has 1 unspecified atom stereocenters. The number of hydrogen-bond donors (Lipinski definition) is 1. The number of ether oxygens (including phenoxy) is 3. The molecular weight excluding hydrogens is 422 g/mol. The Kier molecular flexibility index (Phi) is 6.06. The predicted molar refractivity (Wildman–Crippen MR) is 123 cm³/mol. The monoisotopic (exact) mass is 451 g/mol. The van der Waals surface area contributed by atoms with Gasteiger partial charge < -0.3 is 23.7 Å². The Morgan fingerprint density at radius 3 is 2.58 bits per heavy atom. The van der Waals surface area contributed by atoms with Crippen LogP contribution in [0, 0.1) is 20.8 Å². The van der Waals surface area contributed by atoms with E-state index < -0.39 is 11.6 Å². The van der Waals surface area contributed by atoms with E-state index in [-0.39, 0.29) is 12.4 Å². The van der Waals surface area contributed by atoms with Gasteiger partial charge in [-0.25, -0.2) is 9.78 Å². The molecule has 1 aliphatic heterocycles. The zero-order chi connectivity index (χ0) is 23.8. The number of carbonyl (C=O) groups excluding carboxylic acids is 1. The van der Waals surface area contributed by atoms with Crippen LogP contribution in [0.3, 0.4) is 0 Å². The van der Waals surface area contributed by atoms with Gasteiger partial charge in [-0.2, -0.15) is 0 Å². The Hall–Kier alpha value is -3.48. The smallest absolute Gasteiger partial charge is 0.350 e. The summed E-state index contributed by atoms with van der Waals surface area (Å²) in [5.41, 5.74) is 3.54. The molecule has 1 aliphatic rings. The average Bonchev–Trinajstić information content (AvgIpc) is 3.29. The zero-order valence-electron chi connectivity index (χ0n) is 19.7. The minimum absolute atomic E-state index is 0.0161. The van der Waals surface area contributed by atoms with Gasteiger partial charge in [0.2, 0.25) is 11.5 Å². The van der Waals surface area contributed by atoms with Crippen LogP contribution in [-0.4, -0.2) is 28.3 Å². The van der Waals surface area contributed by atoms with Crippen LogP contribution in [0.25, 0.3) is 11.5 Å². The minimum atomic E-state index is -1.12. The molecule has 2 heterocycles. The van der Waals surface area contributed by atoms with Gasteiger partial charge in [0.25, 0.3) is 0 Å². The quantitative estimate of drug-likeness (QED) is 0.515. The van der Waals surface area contributed by atoms with Crippen molar-refractivity contribution in [1.82, 2.24) is 4.98 Å². The van der Waals surface area contributed by atoms with Crippen molar-refractivity contribution in [3.8, 4) is 28.7 Å². The SMILES string of the molecule is CCOc1ccc(-c2nc(COC(=O)C3(C)CCc4c(C)c(O)c(C)c(C)c4O3)co2)cc1. The van der Waals surface area contributed by atoms with Gasteiger partial charge in [0.15, 0.2) is 0 Å². The molecule has 0 radical (unpaired) electrons. The molecule has 1 atom stereocenters. The lowest BCUT2D eigenvalue weighted by Gasteiger charge is -2.35. The highest BCUT2D eigenvalue weighted by Gasteiger charge is 2.42. The predicted octanol–water partition coefficient (Wildman–Crippen LogP) is 5.20. The molecule has 1 N–H and O–H groups in total. The fourth-order valence-corrected chi connectivity index (χ4v) is 4.05. The number of oxazole rings is 1. The van der Waals surface area contributed by atoms with E-state index in [1.54, 1.807) is 6.92 Å². The van der Waals surface area contributed by atoms with E-state index in [0.29, 0.717) is 36.8 Å². The molecule has 7 heteroatoms. The number of phenolic OH excluding ortho intramolecular Hbond substituents is 1. The molecule has 174 valence electrons. The van der Waals surface area contributed by atoms with Gasteiger partial charge in [-0.1, -0.05) is 0 Å². The molecule has 0 spiro atoms. The molecule has 0 saturated carbocycles. The molecule has 1 aromatic heterocycles. The zero-order valence-corrected chi connectivity index (χ0v) is 19.7. The van der Waals surface area contributed by atoms with Gasteiger partial charge >= 0.3 is 5.97 Å². The number of benzene rings is 2. The van der Waals surface area contributed by atoms with E-state index >= 15 is 0 Å². The first-order valence-electron chi connectivity index (χ1n) is 11.1. The maximum Gasteiger partial charge on any atom is 0.350 e. The molecule has 3 aromatic rings. The van der Waals surface area contributed by atoms with Crippen LogP contribution in [0.1, 0.15) is 48.2 Å². The molecule has 0 amide bonds. The fourth-order valence-electron chi connectivity index (χ4n) is 4.05. The molecular formula is C26H29NO6. The number of phenols is 1. The minimum Gasteiger partial charge on any atom is -0.507 e. The van der Waals surface area contributed by atoms with E-state index in [0.717, 1.165) is 33.6 Å². The largest absolute Gasteiger partial charge is 0.507 e. The van der Waals surface area contributed by atoms with Crippen LogP contribution in [0.5, 0.6) is 17.2 Å². The molecule has 0 fully saturated rings. The summed E-state index contributed by atoms with van der Waals surface area (Å²) in [5, 5.41) is 10.3. The lowest BCUT2D eigenvalue weighted by atomic mass is 9.87. The Morgan fingerprint density at radius 1 is 1.15 bits per heavy atom. The topological polar surface area (TPSA) is 91.0 Å². The molecule has 4 rings (SSSR count). The summed E-state index contributed by atoms with van der Waals surface area (Å²) >= 11 is 0. The number of esters is 1. The van der Waals surface area contributed by atoms with Crippen LogP contribution in [0.15, 0.2) is 34.9 Å². The fraction of sp³-hybridized carbons (Fsp3) is 0.385. The van der Waals surface area contributed by atoms with Crippen LogP contribution in [0.2, 0.25) is 0 Å². The van der Waals surface area contributed by atoms with Crippen LogP contribution >= 0.6 is 0 Å². The highest BCUT2D eigenvalue weighted by molar-refractivity contribution is 5.80. The summed E-state index contributed by atoms with van der Waals surface area (Å²) in [6.45, 7) is 9.86. The third-order valence-corrected chi connectivity index (χ3v) is 6.27. The third kappa shape index (κ3) is 4.27. The van der Waals surface area contributed by atoms with Crippen molar-refractivity contribution in [2.45, 2.75) is 59.7 Å². The van der Waals surface area contributed by atoms with Crippen molar-refractivity contribution in [2.24, 2.45) is 0 Å². The summed E-state index contributed by atoms with van der Waals surface area (Å²) in [5.74, 6) is 1.71. The first kappa shape index (κ1) is 22.7. The Balaban J connectivity index is 1.44. The van der Waals surface area contributed by atoms with Crippen molar-refractivity contribution in [1.29, 1.82) is 0 Å². The maximum absolute atomic E-state index is 13.0. The normalized spacial score (nSPS) is 17.2. The number of fused-ring (bicyclic) bond motifs is 1. The van der Waals surface area contributed by atoms with Crippen molar-refractivity contribution in [3.63, 3.8) is 0 Å². The number of aromatic hydroxyl groups is 1. The second-order valence-electron chi connectivity index (χ2n) is 8.54. The Labute approximate surface area is 193 Å². The van der Waals surface area contributed by atoms with E-state index in [9.17, 15) is 9.90 Å². The second-order valence-corrected chi connectivity index (χ2v) is 8.54. The highest BCUT2D eigenvalue weighted by atomic mass is 16.6. The summed E-state index contributed by atoms with van der Waals surface area (Å²) in [6.07, 6.45) is 2.56. The number of nitrogens with zero attached hydrogens (tertiary/aromatic N) is 1. The second kappa shape index (κ2) is 8.81. The number of aromatic nitrogens is 1. The summed E-state index contributed by atoms with van der Waals surface area (Å²) in [4.78, 5) is 17.4. The standard InChI is InChI=1S/C26H29NO6/c1-6-30-20-9-7-18(8-10-20)24-27-19(13-31-24)14-32-25(29)26(5)12-11-21-17(4)22(28)15(2)16(3)23(21)33-26/h7-10,13,28H,6,11-12,14H2,1-5H3. The first-order chi connectivity index (χ1) is 15.7. The van der Waals surface area contributed by atoms with Gasteiger partial charge in [-0.3, -0.25) is 0 Å². The highest BCUT2D eigenvalue weighted by Crippen LogP contribution is 2.43. The van der Waals surface area contributed by atoms with E-state index in [4.69, 9.17) is 18.6 Å². The van der Waals surface area contributed by atoms with Gasteiger partial charge in [0.05, 0.1) is 6.61 Å². The van der Waals surface area contributed by atoms with Crippen LogP contribution in [-0.2, 0) is 22.6 Å². The number of rotatable bonds is 6. The summed E-state index contributed by atoms with van der Waals surface area (Å²) < 4.78 is 22.7. The molecule has 7 nitrogen and oxygen atoms in total.